The third-order valence-corrected chi connectivity index (χ3v) is 5.36. The predicted octanol–water partition coefficient (Wildman–Crippen LogP) is 5.58. The Morgan fingerprint density at radius 2 is 1.81 bits per heavy atom. The molecule has 160 valence electrons. The largest absolute Gasteiger partial charge is 0.493 e. The minimum absolute atomic E-state index is 0.566. The number of para-hydroxylation sites is 2. The number of benzene rings is 2. The van der Waals surface area contributed by atoms with Crippen molar-refractivity contribution in [1.82, 2.24) is 9.97 Å². The van der Waals surface area contributed by atoms with Crippen LogP contribution < -0.4 is 15.4 Å². The van der Waals surface area contributed by atoms with Gasteiger partial charge in [-0.05, 0) is 56.9 Å². The predicted molar refractivity (Wildman–Crippen MR) is 128 cm³/mol. The molecule has 1 aliphatic rings. The first-order chi connectivity index (χ1) is 15.2. The van der Waals surface area contributed by atoms with Crippen LogP contribution in [0, 0.1) is 0 Å². The van der Waals surface area contributed by atoms with E-state index in [1.54, 1.807) is 7.05 Å². The molecule has 0 unspecified atom stereocenters. The van der Waals surface area contributed by atoms with Crippen molar-refractivity contribution in [2.75, 3.05) is 24.3 Å². The highest BCUT2D eigenvalue weighted by Crippen LogP contribution is 2.24. The van der Waals surface area contributed by atoms with Gasteiger partial charge < -0.3 is 15.4 Å². The Hall–Kier alpha value is -3.41. The molecule has 0 spiro atoms. The first-order valence-electron chi connectivity index (χ1n) is 10.9. The summed E-state index contributed by atoms with van der Waals surface area (Å²) < 4.78 is 6.07. The minimum Gasteiger partial charge on any atom is -0.493 e. The van der Waals surface area contributed by atoms with Gasteiger partial charge in [0.1, 0.15) is 17.4 Å². The zero-order valence-corrected chi connectivity index (χ0v) is 18.2. The fraction of sp³-hybridized carbons (Fsp3) is 0.320. The average molecular weight is 416 g/mol. The quantitative estimate of drug-likeness (QED) is 0.501. The van der Waals surface area contributed by atoms with Gasteiger partial charge in [0.25, 0.3) is 0 Å². The van der Waals surface area contributed by atoms with Gasteiger partial charge >= 0.3 is 0 Å². The maximum atomic E-state index is 6.07. The highest BCUT2D eigenvalue weighted by atomic mass is 16.5. The molecule has 3 aromatic rings. The number of hydrogen-bond acceptors (Lipinski definition) is 5. The summed E-state index contributed by atoms with van der Waals surface area (Å²) in [4.78, 5) is 13.9. The van der Waals surface area contributed by atoms with Gasteiger partial charge in [0.05, 0.1) is 12.1 Å². The van der Waals surface area contributed by atoms with Gasteiger partial charge in [-0.25, -0.2) is 4.98 Å². The maximum absolute atomic E-state index is 6.07. The molecule has 0 radical (unpaired) electrons. The molecule has 6 nitrogen and oxygen atoms in total. The lowest BCUT2D eigenvalue weighted by Gasteiger charge is -2.14. The maximum Gasteiger partial charge on any atom is 0.225 e. The third kappa shape index (κ3) is 5.40. The van der Waals surface area contributed by atoms with Crippen LogP contribution in [0.25, 0.3) is 10.9 Å². The number of nitrogens with zero attached hydrogens (tertiary/aromatic N) is 3. The first-order valence-corrected chi connectivity index (χ1v) is 10.9. The second kappa shape index (κ2) is 10.1. The van der Waals surface area contributed by atoms with Crippen molar-refractivity contribution in [1.29, 1.82) is 0 Å². The topological polar surface area (TPSA) is 71.4 Å². The summed E-state index contributed by atoms with van der Waals surface area (Å²) in [5.74, 6) is 3.02. The van der Waals surface area contributed by atoms with Crippen LogP contribution in [0.5, 0.6) is 5.75 Å². The van der Waals surface area contributed by atoms with E-state index < -0.39 is 0 Å². The van der Waals surface area contributed by atoms with Crippen LogP contribution in [-0.2, 0) is 6.54 Å². The van der Waals surface area contributed by atoms with Crippen molar-refractivity contribution in [3.63, 3.8) is 0 Å². The van der Waals surface area contributed by atoms with Gasteiger partial charge in [-0.1, -0.05) is 35.9 Å². The molecule has 2 N–H and O–H groups in total. The fourth-order valence-electron chi connectivity index (χ4n) is 3.66. The van der Waals surface area contributed by atoms with Crippen molar-refractivity contribution in [3.05, 3.63) is 65.7 Å². The van der Waals surface area contributed by atoms with Crippen LogP contribution in [0.15, 0.2) is 65.2 Å². The third-order valence-electron chi connectivity index (χ3n) is 5.36. The zero-order valence-electron chi connectivity index (χ0n) is 18.2. The van der Waals surface area contributed by atoms with Gasteiger partial charge in [-0.3, -0.25) is 4.99 Å². The normalized spacial score (nSPS) is 18.6. The molecule has 2 bridgehead atoms. The lowest BCUT2D eigenvalue weighted by molar-refractivity contribution is 0.302. The van der Waals surface area contributed by atoms with E-state index in [0.717, 1.165) is 66.2 Å². The van der Waals surface area contributed by atoms with E-state index in [9.17, 15) is 0 Å². The molecule has 1 aliphatic heterocycles. The number of rotatable bonds is 0. The minimum atomic E-state index is 0.566. The standard InChI is InChI=1S/C25H29N5O/c1-18-10-4-3-9-15-31-22-14-8-5-11-19(22)17-27-25-28-21-13-7-6-12-20(21)24(30-25)29-23(16-18)26-2/h5-8,11-14,16H,3-4,9-10,15,17H2,1-2H3,(H2,26,27,28,29,30)/b18-16+. The van der Waals surface area contributed by atoms with Gasteiger partial charge in [-0.2, -0.15) is 4.98 Å². The van der Waals surface area contributed by atoms with E-state index in [-0.39, 0.29) is 0 Å². The number of hydrogen-bond donors (Lipinski definition) is 2. The lowest BCUT2D eigenvalue weighted by atomic mass is 10.1. The molecule has 4 rings (SSSR count). The Morgan fingerprint density at radius 3 is 2.71 bits per heavy atom. The molecule has 6 heteroatoms. The van der Waals surface area contributed by atoms with E-state index in [1.807, 2.05) is 42.5 Å². The molecule has 1 aromatic heterocycles. The molecule has 2 aromatic carbocycles. The molecular formula is C25H29N5O. The number of allylic oxidation sites excluding steroid dienone is 1. The molecular weight excluding hydrogens is 386 g/mol. The molecule has 0 saturated heterocycles. The van der Waals surface area contributed by atoms with Crippen LogP contribution in [0.4, 0.5) is 11.8 Å². The van der Waals surface area contributed by atoms with E-state index in [1.165, 1.54) is 5.57 Å². The molecule has 0 saturated carbocycles. The average Bonchev–Trinajstić information content (AvgIpc) is 2.79. The van der Waals surface area contributed by atoms with Crippen LogP contribution in [0.3, 0.4) is 0 Å². The first kappa shape index (κ1) is 20.8. The molecule has 0 aliphatic carbocycles. The van der Waals surface area contributed by atoms with E-state index in [0.29, 0.717) is 12.5 Å². The Morgan fingerprint density at radius 1 is 0.968 bits per heavy atom. The Kier molecular flexibility index (Phi) is 6.77. The van der Waals surface area contributed by atoms with Gasteiger partial charge in [0.15, 0.2) is 0 Å². The number of aliphatic imine (C=N–C) groups is 1. The van der Waals surface area contributed by atoms with Crippen LogP contribution >= 0.6 is 0 Å². The molecule has 31 heavy (non-hydrogen) atoms. The summed E-state index contributed by atoms with van der Waals surface area (Å²) in [5, 5.41) is 7.74. The summed E-state index contributed by atoms with van der Waals surface area (Å²) >= 11 is 0. The van der Waals surface area contributed by atoms with Gasteiger partial charge in [-0.15, -0.1) is 0 Å². The summed E-state index contributed by atoms with van der Waals surface area (Å²) in [5.41, 5.74) is 3.26. The second-order valence-corrected chi connectivity index (χ2v) is 7.76. The van der Waals surface area contributed by atoms with E-state index >= 15 is 0 Å². The fourth-order valence-corrected chi connectivity index (χ4v) is 3.66. The highest BCUT2D eigenvalue weighted by molar-refractivity contribution is 6.07. The molecule has 0 amide bonds. The SMILES string of the molecule is CN=C1/C=C(\C)CCCCCOc2ccccc2CNc2nc(c3ccccc3n2)N1. The van der Waals surface area contributed by atoms with Crippen molar-refractivity contribution < 1.29 is 4.74 Å². The Balaban J connectivity index is 1.71. The molecule has 0 atom stereocenters. The molecule has 2 heterocycles. The number of nitrogens with one attached hydrogen (secondary N) is 2. The Labute approximate surface area is 183 Å². The number of ether oxygens (including phenoxy) is 1. The van der Waals surface area contributed by atoms with E-state index in [2.05, 4.69) is 34.7 Å². The zero-order chi connectivity index (χ0) is 21.5. The number of fused-ring (bicyclic) bond motifs is 5. The van der Waals surface area contributed by atoms with Crippen LogP contribution in [0.1, 0.15) is 38.2 Å². The highest BCUT2D eigenvalue weighted by Gasteiger charge is 2.11. The van der Waals surface area contributed by atoms with Crippen molar-refractivity contribution >= 4 is 28.5 Å². The molecule has 0 fully saturated rings. The van der Waals surface area contributed by atoms with Crippen LogP contribution in [0.2, 0.25) is 0 Å². The lowest BCUT2D eigenvalue weighted by Crippen LogP contribution is -2.13. The summed E-state index contributed by atoms with van der Waals surface area (Å²) in [7, 11) is 1.80. The van der Waals surface area contributed by atoms with E-state index in [4.69, 9.17) is 14.7 Å². The monoisotopic (exact) mass is 415 g/mol. The Bertz CT molecular complexity index is 1110. The number of amidine groups is 1. The number of aromatic nitrogens is 2. The summed E-state index contributed by atoms with van der Waals surface area (Å²) in [6.07, 6.45) is 6.45. The van der Waals surface area contributed by atoms with Crippen molar-refractivity contribution in [3.8, 4) is 5.75 Å². The van der Waals surface area contributed by atoms with Crippen LogP contribution in [-0.4, -0.2) is 29.5 Å². The summed E-state index contributed by atoms with van der Waals surface area (Å²) in [6.45, 7) is 3.46. The second-order valence-electron chi connectivity index (χ2n) is 7.76. The van der Waals surface area contributed by atoms with Crippen molar-refractivity contribution in [2.45, 2.75) is 39.2 Å². The smallest absolute Gasteiger partial charge is 0.225 e. The van der Waals surface area contributed by atoms with Gasteiger partial charge in [0.2, 0.25) is 5.95 Å². The van der Waals surface area contributed by atoms with Crippen molar-refractivity contribution in [2.24, 2.45) is 4.99 Å². The van der Waals surface area contributed by atoms with Gasteiger partial charge in [0, 0.05) is 24.5 Å². The number of anilines is 2. The summed E-state index contributed by atoms with van der Waals surface area (Å²) in [6, 6.07) is 16.1.